The second-order valence-electron chi connectivity index (χ2n) is 6.00. The number of nitrogens with one attached hydrogen (secondary N) is 2. The Kier molecular flexibility index (Phi) is 5.51. The number of likely N-dealkylation sites (tertiary alicyclic amines) is 1. The summed E-state index contributed by atoms with van der Waals surface area (Å²) < 4.78 is 6.60. The van der Waals surface area contributed by atoms with Crippen molar-refractivity contribution in [1.29, 1.82) is 0 Å². The number of halogens is 1. The van der Waals surface area contributed by atoms with Gasteiger partial charge in [-0.05, 0) is 55.7 Å². The highest BCUT2D eigenvalue weighted by Gasteiger charge is 2.28. The van der Waals surface area contributed by atoms with E-state index in [4.69, 9.17) is 4.42 Å². The maximum atomic E-state index is 12.3. The van der Waals surface area contributed by atoms with Gasteiger partial charge in [0.2, 0.25) is 0 Å². The molecule has 122 valence electrons. The van der Waals surface area contributed by atoms with Crippen molar-refractivity contribution in [2.24, 2.45) is 0 Å². The molecule has 23 heavy (non-hydrogen) atoms. The van der Waals surface area contributed by atoms with Gasteiger partial charge in [-0.3, -0.25) is 4.79 Å². The zero-order chi connectivity index (χ0) is 16.1. The minimum absolute atomic E-state index is 0.0366. The Labute approximate surface area is 145 Å². The molecule has 5 heteroatoms. The van der Waals surface area contributed by atoms with E-state index in [1.54, 1.807) is 6.26 Å². The van der Waals surface area contributed by atoms with Crippen LogP contribution in [0.25, 0.3) is 0 Å². The first kappa shape index (κ1) is 16.3. The highest BCUT2D eigenvalue weighted by Crippen LogP contribution is 2.13. The Bertz CT molecular complexity index is 619. The molecule has 0 aliphatic carbocycles. The van der Waals surface area contributed by atoms with Crippen LogP contribution in [0.3, 0.4) is 0 Å². The van der Waals surface area contributed by atoms with E-state index in [1.165, 1.54) is 24.2 Å². The maximum absolute atomic E-state index is 12.3. The Hall–Kier alpha value is -1.59. The Morgan fingerprint density at radius 2 is 1.91 bits per heavy atom. The van der Waals surface area contributed by atoms with E-state index >= 15 is 0 Å². The normalized spacial score (nSPS) is 16.9. The first-order chi connectivity index (χ1) is 11.2. The standard InChI is InChI=1S/C18H21BrN2O2/c19-15-8-6-14(7-9-15)18(22)20-13-16(17-5-4-12-23-17)21-10-2-1-3-11-21/h4-9,12,16H,1-3,10-11,13H2,(H,20,22)/p+1/t16-/m1/s1. The topological polar surface area (TPSA) is 46.7 Å². The zero-order valence-electron chi connectivity index (χ0n) is 13.1. The molecule has 1 atom stereocenters. The SMILES string of the molecule is O=C(NC[C@H](c1ccco1)[NH+]1CCCCC1)c1ccc(Br)cc1. The van der Waals surface area contributed by atoms with Gasteiger partial charge in [0.25, 0.3) is 5.91 Å². The monoisotopic (exact) mass is 377 g/mol. The predicted octanol–water partition coefficient (Wildman–Crippen LogP) is 2.58. The van der Waals surface area contributed by atoms with Crippen LogP contribution in [0.1, 0.15) is 41.4 Å². The number of carbonyl (C=O) groups is 1. The highest BCUT2D eigenvalue weighted by atomic mass is 79.9. The van der Waals surface area contributed by atoms with Crippen LogP contribution in [-0.2, 0) is 0 Å². The van der Waals surface area contributed by atoms with Crippen molar-refractivity contribution in [3.8, 4) is 0 Å². The minimum atomic E-state index is -0.0366. The van der Waals surface area contributed by atoms with Gasteiger partial charge in [0.15, 0.2) is 11.8 Å². The van der Waals surface area contributed by atoms with Crippen LogP contribution in [0.15, 0.2) is 51.6 Å². The fourth-order valence-electron chi connectivity index (χ4n) is 3.19. The molecule has 0 bridgehead atoms. The molecule has 1 aliphatic rings. The summed E-state index contributed by atoms with van der Waals surface area (Å²) in [6, 6.07) is 11.5. The van der Waals surface area contributed by atoms with Crippen molar-refractivity contribution >= 4 is 21.8 Å². The number of amides is 1. The summed E-state index contributed by atoms with van der Waals surface area (Å²) in [5, 5.41) is 3.07. The molecule has 0 radical (unpaired) electrons. The van der Waals surface area contributed by atoms with Gasteiger partial charge < -0.3 is 14.6 Å². The van der Waals surface area contributed by atoms with Crippen molar-refractivity contribution in [3.05, 3.63) is 58.5 Å². The lowest BCUT2D eigenvalue weighted by atomic mass is 10.1. The third-order valence-electron chi connectivity index (χ3n) is 4.45. The fraction of sp³-hybridized carbons (Fsp3) is 0.389. The smallest absolute Gasteiger partial charge is 0.251 e. The maximum Gasteiger partial charge on any atom is 0.251 e. The molecule has 1 saturated heterocycles. The van der Waals surface area contributed by atoms with Gasteiger partial charge in [0.1, 0.15) is 0 Å². The van der Waals surface area contributed by atoms with Crippen molar-refractivity contribution in [1.82, 2.24) is 5.32 Å². The number of benzene rings is 1. The van der Waals surface area contributed by atoms with E-state index in [2.05, 4.69) is 21.2 Å². The van der Waals surface area contributed by atoms with Crippen molar-refractivity contribution < 1.29 is 14.1 Å². The average molecular weight is 378 g/mol. The molecule has 1 aromatic carbocycles. The van der Waals surface area contributed by atoms with Crippen LogP contribution in [0.5, 0.6) is 0 Å². The van der Waals surface area contributed by atoms with E-state index in [9.17, 15) is 4.79 Å². The van der Waals surface area contributed by atoms with Crippen LogP contribution in [0.2, 0.25) is 0 Å². The number of hydrogen-bond acceptors (Lipinski definition) is 2. The van der Waals surface area contributed by atoms with Gasteiger partial charge in [-0.2, -0.15) is 0 Å². The second-order valence-corrected chi connectivity index (χ2v) is 6.92. The van der Waals surface area contributed by atoms with Gasteiger partial charge >= 0.3 is 0 Å². The van der Waals surface area contributed by atoms with Crippen LogP contribution in [0.4, 0.5) is 0 Å². The third kappa shape index (κ3) is 4.24. The Balaban J connectivity index is 1.66. The third-order valence-corrected chi connectivity index (χ3v) is 4.98. The van der Waals surface area contributed by atoms with Crippen LogP contribution < -0.4 is 10.2 Å². The van der Waals surface area contributed by atoms with Gasteiger partial charge in [-0.1, -0.05) is 15.9 Å². The molecule has 2 heterocycles. The van der Waals surface area contributed by atoms with Gasteiger partial charge in [-0.15, -0.1) is 0 Å². The number of carbonyl (C=O) groups excluding carboxylic acids is 1. The summed E-state index contributed by atoms with van der Waals surface area (Å²) in [5.74, 6) is 0.920. The molecule has 1 aromatic heterocycles. The predicted molar refractivity (Wildman–Crippen MR) is 92.5 cm³/mol. The molecule has 1 amide bonds. The number of quaternary nitrogens is 1. The summed E-state index contributed by atoms with van der Waals surface area (Å²) in [4.78, 5) is 13.8. The molecule has 3 rings (SSSR count). The van der Waals surface area contributed by atoms with Gasteiger partial charge in [-0.25, -0.2) is 0 Å². The molecule has 1 fully saturated rings. The minimum Gasteiger partial charge on any atom is -0.463 e. The molecule has 0 spiro atoms. The first-order valence-corrected chi connectivity index (χ1v) is 8.95. The quantitative estimate of drug-likeness (QED) is 0.840. The lowest BCUT2D eigenvalue weighted by molar-refractivity contribution is -0.936. The van der Waals surface area contributed by atoms with Crippen molar-refractivity contribution in [2.75, 3.05) is 19.6 Å². The summed E-state index contributed by atoms with van der Waals surface area (Å²) >= 11 is 3.39. The number of rotatable bonds is 5. The van der Waals surface area contributed by atoms with E-state index in [0.29, 0.717) is 12.1 Å². The number of hydrogen-bond donors (Lipinski definition) is 2. The van der Waals surface area contributed by atoms with Gasteiger partial charge in [0, 0.05) is 10.0 Å². The lowest BCUT2D eigenvalue weighted by Gasteiger charge is -2.30. The highest BCUT2D eigenvalue weighted by molar-refractivity contribution is 9.10. The summed E-state index contributed by atoms with van der Waals surface area (Å²) in [5.41, 5.74) is 0.681. The molecule has 1 aliphatic heterocycles. The zero-order valence-corrected chi connectivity index (χ0v) is 14.6. The molecule has 0 unspecified atom stereocenters. The Morgan fingerprint density at radius 3 is 2.57 bits per heavy atom. The number of piperidine rings is 1. The molecule has 2 aromatic rings. The summed E-state index contributed by atoms with van der Waals surface area (Å²) in [6.45, 7) is 2.87. The second kappa shape index (κ2) is 7.79. The molecule has 4 nitrogen and oxygen atoms in total. The Morgan fingerprint density at radius 1 is 1.17 bits per heavy atom. The average Bonchev–Trinajstić information content (AvgIpc) is 3.11. The fourth-order valence-corrected chi connectivity index (χ4v) is 3.45. The number of furan rings is 1. The van der Waals surface area contributed by atoms with E-state index in [0.717, 1.165) is 23.3 Å². The summed E-state index contributed by atoms with van der Waals surface area (Å²) in [6.07, 6.45) is 5.50. The lowest BCUT2D eigenvalue weighted by Crippen LogP contribution is -3.13. The van der Waals surface area contributed by atoms with E-state index < -0.39 is 0 Å². The summed E-state index contributed by atoms with van der Waals surface area (Å²) in [7, 11) is 0. The molecular weight excluding hydrogens is 356 g/mol. The largest absolute Gasteiger partial charge is 0.463 e. The molecule has 2 N–H and O–H groups in total. The van der Waals surface area contributed by atoms with E-state index in [1.807, 2.05) is 36.4 Å². The molecule has 0 saturated carbocycles. The van der Waals surface area contributed by atoms with Crippen LogP contribution in [0, 0.1) is 0 Å². The molecular formula is C18H22BrN2O2+. The van der Waals surface area contributed by atoms with Crippen LogP contribution >= 0.6 is 15.9 Å². The van der Waals surface area contributed by atoms with Crippen LogP contribution in [-0.4, -0.2) is 25.5 Å². The van der Waals surface area contributed by atoms with E-state index in [-0.39, 0.29) is 11.9 Å². The first-order valence-electron chi connectivity index (χ1n) is 8.16. The van der Waals surface area contributed by atoms with Crippen molar-refractivity contribution in [3.63, 3.8) is 0 Å². The van der Waals surface area contributed by atoms with Gasteiger partial charge in [0.05, 0.1) is 25.9 Å². The van der Waals surface area contributed by atoms with Crippen molar-refractivity contribution in [2.45, 2.75) is 25.3 Å².